The third kappa shape index (κ3) is 53.2. The minimum Gasteiger partial charge on any atom is -0.521 e. The van der Waals surface area contributed by atoms with Gasteiger partial charge in [0.15, 0.2) is 0 Å². The van der Waals surface area contributed by atoms with Crippen LogP contribution in [0.1, 0.15) is 0 Å². The molecule has 0 saturated carbocycles. The molecule has 0 aliphatic carbocycles. The fraction of sp³-hybridized carbons (Fsp3) is 0. The van der Waals surface area contributed by atoms with Crippen molar-refractivity contribution in [2.75, 3.05) is 0 Å². The maximum Gasteiger partial charge on any atom is 2.00 e. The molecule has 0 atom stereocenters. The number of rotatable bonds is 0. The normalized spacial score (nSPS) is 1.00. The van der Waals surface area contributed by atoms with Gasteiger partial charge in [-0.1, -0.05) is 0 Å². The average Bonchev–Trinajstić information content (AvgIpc) is 1.00. The van der Waals surface area contributed by atoms with Gasteiger partial charge in [0.2, 0.25) is 0 Å². The summed E-state index contributed by atoms with van der Waals surface area (Å²) in [6.45, 7) is 7.00. The van der Waals surface area contributed by atoms with Crippen molar-refractivity contribution in [1.82, 2.24) is 0 Å². The third-order valence-electron chi connectivity index (χ3n) is 0. The summed E-state index contributed by atoms with van der Waals surface area (Å²) in [5.41, 5.74) is 0. The zero-order valence-corrected chi connectivity index (χ0v) is 3.53. The monoisotopic (exact) mass is 105 g/mol. The van der Waals surface area contributed by atoms with E-state index >= 15 is 0 Å². The quantitative estimate of drug-likeness (QED) is 0.319. The molecule has 0 aliphatic rings. The Morgan fingerprint density at radius 1 is 1.25 bits per heavy atom. The van der Waals surface area contributed by atoms with E-state index in [0.717, 1.165) is 0 Å². The van der Waals surface area contributed by atoms with Gasteiger partial charge in [-0.15, -0.1) is 0 Å². The first kappa shape index (κ1) is 28.5. The van der Waals surface area contributed by atoms with Gasteiger partial charge in [0.05, 0.1) is 0 Å². The van der Waals surface area contributed by atoms with E-state index in [2.05, 4.69) is 13.2 Å². The molecule has 0 N–H and O–H groups in total. The molecule has 0 fully saturated rings. The van der Waals surface area contributed by atoms with E-state index < -0.39 is 0 Å². The molecule has 0 aromatic rings. The molecule has 0 bridgehead atoms. The van der Waals surface area contributed by atoms with Gasteiger partial charge in [-0.2, -0.15) is 0 Å². The summed E-state index contributed by atoms with van der Waals surface area (Å²) in [4.78, 5) is 0. The van der Waals surface area contributed by atoms with Gasteiger partial charge < -0.3 is 14.0 Å². The van der Waals surface area contributed by atoms with Gasteiger partial charge >= 0.3 is 17.1 Å². The maximum atomic E-state index is 4.25. The summed E-state index contributed by atoms with van der Waals surface area (Å²) >= 11 is 0. The largest absolute Gasteiger partial charge is 2.00 e. The molecular weight excluding hydrogens is 99.6 g/mol. The molecule has 29 valence electrons. The first-order chi connectivity index (χ1) is 1.00. The van der Waals surface area contributed by atoms with E-state index in [1.807, 2.05) is 0 Å². The Morgan fingerprint density at radius 2 is 1.25 bits per heavy atom. The van der Waals surface area contributed by atoms with Gasteiger partial charge in [-0.25, -0.2) is 0 Å². The second-order valence-corrected chi connectivity index (χ2v) is 0. The van der Waals surface area contributed by atoms with Crippen molar-refractivity contribution in [1.29, 1.82) is 0 Å². The summed E-state index contributed by atoms with van der Waals surface area (Å²) < 4.78 is 0. The van der Waals surface area contributed by atoms with Gasteiger partial charge in [0.25, 0.3) is 0 Å². The SMILES string of the molecule is [CH-]=C.[CH3-].[Cu+2]. The van der Waals surface area contributed by atoms with E-state index in [0.29, 0.717) is 0 Å². The molecule has 0 rings (SSSR count). The predicted molar refractivity (Wildman–Crippen MR) is 16.3 cm³/mol. The van der Waals surface area contributed by atoms with Crippen LogP contribution in [0.15, 0.2) is 6.58 Å². The van der Waals surface area contributed by atoms with E-state index in [9.17, 15) is 0 Å². The van der Waals surface area contributed by atoms with Crippen molar-refractivity contribution in [2.24, 2.45) is 0 Å². The van der Waals surface area contributed by atoms with Crippen LogP contribution in [-0.2, 0) is 17.1 Å². The Balaban J connectivity index is -0.00000000500. The van der Waals surface area contributed by atoms with Crippen LogP contribution in [-0.4, -0.2) is 0 Å². The third-order valence-corrected chi connectivity index (χ3v) is 0. The second kappa shape index (κ2) is 247. The Labute approximate surface area is 38.4 Å². The Hall–Kier alpha value is 0.259. The molecule has 0 aromatic carbocycles. The summed E-state index contributed by atoms with van der Waals surface area (Å²) in [5.74, 6) is 0. The van der Waals surface area contributed by atoms with Crippen LogP contribution < -0.4 is 0 Å². The fourth-order valence-corrected chi connectivity index (χ4v) is 0. The minimum atomic E-state index is 0. The molecule has 0 saturated heterocycles. The molecule has 1 radical (unpaired) electrons. The van der Waals surface area contributed by atoms with E-state index in [1.165, 1.54) is 0 Å². The smallest absolute Gasteiger partial charge is 0.521 e. The van der Waals surface area contributed by atoms with Crippen molar-refractivity contribution in [2.45, 2.75) is 0 Å². The number of hydrogen-bond donors (Lipinski definition) is 0. The van der Waals surface area contributed by atoms with Crippen LogP contribution in [0.3, 0.4) is 0 Å². The molecule has 0 aromatic heterocycles. The molecule has 4 heavy (non-hydrogen) atoms. The molecule has 0 nitrogen and oxygen atoms in total. The predicted octanol–water partition coefficient (Wildman–Crippen LogP) is 1.05. The Bertz CT molecular complexity index is 3.25. The molecule has 1 heteroatoms. The van der Waals surface area contributed by atoms with Crippen molar-refractivity contribution >= 4 is 0 Å². The van der Waals surface area contributed by atoms with Gasteiger partial charge in [-0.05, 0) is 0 Å². The second-order valence-electron chi connectivity index (χ2n) is 0. The van der Waals surface area contributed by atoms with Crippen LogP contribution in [0.4, 0.5) is 0 Å². The van der Waals surface area contributed by atoms with Crippen molar-refractivity contribution < 1.29 is 17.1 Å². The van der Waals surface area contributed by atoms with Crippen LogP contribution in [0.25, 0.3) is 0 Å². The van der Waals surface area contributed by atoms with Crippen molar-refractivity contribution in [3.63, 3.8) is 0 Å². The summed E-state index contributed by atoms with van der Waals surface area (Å²) in [7, 11) is 0. The Kier molecular flexibility index (Phi) is 1760. The zero-order chi connectivity index (χ0) is 2.00. The van der Waals surface area contributed by atoms with E-state index in [-0.39, 0.29) is 24.5 Å². The van der Waals surface area contributed by atoms with E-state index in [4.69, 9.17) is 0 Å². The zero-order valence-electron chi connectivity index (χ0n) is 2.59. The van der Waals surface area contributed by atoms with Crippen LogP contribution in [0, 0.1) is 14.0 Å². The first-order valence-electron chi connectivity index (χ1n) is 0.408. The summed E-state index contributed by atoms with van der Waals surface area (Å²) in [6, 6.07) is 0. The van der Waals surface area contributed by atoms with Gasteiger partial charge in [0.1, 0.15) is 0 Å². The average molecular weight is 106 g/mol. The summed E-state index contributed by atoms with van der Waals surface area (Å²) in [6.07, 6.45) is 0. The van der Waals surface area contributed by atoms with E-state index in [1.54, 1.807) is 0 Å². The van der Waals surface area contributed by atoms with Crippen molar-refractivity contribution in [3.05, 3.63) is 20.6 Å². The molecular formula is C3H6Cu. The maximum absolute atomic E-state index is 4.25. The van der Waals surface area contributed by atoms with Crippen LogP contribution in [0.5, 0.6) is 0 Å². The van der Waals surface area contributed by atoms with Crippen molar-refractivity contribution in [3.8, 4) is 0 Å². The van der Waals surface area contributed by atoms with Crippen LogP contribution >= 0.6 is 0 Å². The first-order valence-corrected chi connectivity index (χ1v) is 0.408. The summed E-state index contributed by atoms with van der Waals surface area (Å²) in [5, 5.41) is 0. The van der Waals surface area contributed by atoms with Gasteiger partial charge in [-0.3, -0.25) is 6.58 Å². The Morgan fingerprint density at radius 3 is 1.25 bits per heavy atom. The standard InChI is InChI=1S/C2H3.CH3.Cu/c1-2;;/h1H,2H2;1H3;/q2*-1;+2. The minimum absolute atomic E-state index is 0. The number of hydrogen-bond acceptors (Lipinski definition) is 0. The molecule has 0 aliphatic heterocycles. The van der Waals surface area contributed by atoms with Gasteiger partial charge in [0, 0.05) is 0 Å². The molecule has 0 heterocycles. The molecule has 0 spiro atoms. The fourth-order valence-electron chi connectivity index (χ4n) is 0. The molecule has 0 unspecified atom stereocenters. The molecule has 0 amide bonds. The van der Waals surface area contributed by atoms with Crippen LogP contribution in [0.2, 0.25) is 0 Å². The topological polar surface area (TPSA) is 0 Å².